The Bertz CT molecular complexity index is 502. The number of ether oxygens (including phenoxy) is 1. The molecular weight excluding hydrogens is 256 g/mol. The topological polar surface area (TPSA) is 58.6 Å². The highest BCUT2D eigenvalue weighted by molar-refractivity contribution is 5.92. The number of carbonyl (C=O) groups is 2. The summed E-state index contributed by atoms with van der Waals surface area (Å²) in [6.45, 7) is 2.94. The number of nitrogens with zero attached hydrogens (tertiary/aromatic N) is 1. The summed E-state index contributed by atoms with van der Waals surface area (Å²) in [5, 5.41) is 2.85. The molecule has 1 aliphatic rings. The molecule has 1 N–H and O–H groups in total. The molecule has 5 heteroatoms. The second-order valence-electron chi connectivity index (χ2n) is 5.07. The van der Waals surface area contributed by atoms with Gasteiger partial charge in [-0.1, -0.05) is 12.1 Å². The van der Waals surface area contributed by atoms with Gasteiger partial charge in [-0.3, -0.25) is 14.5 Å². The van der Waals surface area contributed by atoms with E-state index in [9.17, 15) is 9.59 Å². The molecule has 0 spiro atoms. The maximum Gasteiger partial charge on any atom is 0.323 e. The van der Waals surface area contributed by atoms with Crippen LogP contribution in [-0.4, -0.2) is 43.0 Å². The van der Waals surface area contributed by atoms with Crippen molar-refractivity contribution in [2.24, 2.45) is 0 Å². The second-order valence-corrected chi connectivity index (χ2v) is 5.07. The monoisotopic (exact) mass is 276 g/mol. The molecular formula is C15H20N2O3. The number of nitrogens with one attached hydrogen (secondary N) is 1. The second kappa shape index (κ2) is 6.52. The van der Waals surface area contributed by atoms with E-state index < -0.39 is 0 Å². The molecule has 1 aliphatic heterocycles. The number of carbonyl (C=O) groups excluding carboxylic acids is 2. The number of hydrogen-bond acceptors (Lipinski definition) is 4. The lowest BCUT2D eigenvalue weighted by Gasteiger charge is -2.21. The molecule has 2 rings (SSSR count). The highest BCUT2D eigenvalue weighted by Crippen LogP contribution is 2.18. The number of methoxy groups -OCH3 is 1. The number of benzene rings is 1. The Morgan fingerprint density at radius 1 is 1.45 bits per heavy atom. The van der Waals surface area contributed by atoms with Gasteiger partial charge in [0.1, 0.15) is 6.04 Å². The zero-order valence-corrected chi connectivity index (χ0v) is 11.9. The zero-order chi connectivity index (χ0) is 14.5. The largest absolute Gasteiger partial charge is 0.468 e. The van der Waals surface area contributed by atoms with Gasteiger partial charge in [-0.2, -0.15) is 0 Å². The molecule has 0 saturated carbocycles. The lowest BCUT2D eigenvalue weighted by atomic mass is 10.2. The molecule has 1 unspecified atom stereocenters. The van der Waals surface area contributed by atoms with Crippen LogP contribution in [0.5, 0.6) is 0 Å². The molecule has 1 fully saturated rings. The highest BCUT2D eigenvalue weighted by atomic mass is 16.5. The van der Waals surface area contributed by atoms with Crippen molar-refractivity contribution >= 4 is 17.6 Å². The van der Waals surface area contributed by atoms with Crippen molar-refractivity contribution in [1.82, 2.24) is 4.90 Å². The average Bonchev–Trinajstić information content (AvgIpc) is 2.85. The molecule has 108 valence electrons. The third-order valence-electron chi connectivity index (χ3n) is 3.49. The summed E-state index contributed by atoms with van der Waals surface area (Å²) in [5.41, 5.74) is 1.88. The van der Waals surface area contributed by atoms with E-state index in [4.69, 9.17) is 4.74 Å². The van der Waals surface area contributed by atoms with E-state index in [2.05, 4.69) is 5.32 Å². The first-order valence-corrected chi connectivity index (χ1v) is 6.78. The average molecular weight is 276 g/mol. The summed E-state index contributed by atoms with van der Waals surface area (Å²) in [6, 6.07) is 7.36. The maximum atomic E-state index is 12.0. The predicted molar refractivity (Wildman–Crippen MR) is 76.4 cm³/mol. The Morgan fingerprint density at radius 3 is 2.95 bits per heavy atom. The van der Waals surface area contributed by atoms with Crippen LogP contribution in [0.3, 0.4) is 0 Å². The van der Waals surface area contributed by atoms with Crippen molar-refractivity contribution in [1.29, 1.82) is 0 Å². The van der Waals surface area contributed by atoms with Crippen molar-refractivity contribution in [3.63, 3.8) is 0 Å². The number of esters is 1. The van der Waals surface area contributed by atoms with Crippen LogP contribution < -0.4 is 5.32 Å². The minimum Gasteiger partial charge on any atom is -0.468 e. The van der Waals surface area contributed by atoms with Gasteiger partial charge in [0.05, 0.1) is 13.7 Å². The summed E-state index contributed by atoms with van der Waals surface area (Å²) >= 11 is 0. The Labute approximate surface area is 118 Å². The lowest BCUT2D eigenvalue weighted by molar-refractivity contribution is -0.146. The van der Waals surface area contributed by atoms with E-state index in [1.807, 2.05) is 36.1 Å². The van der Waals surface area contributed by atoms with Gasteiger partial charge >= 0.3 is 5.97 Å². The quantitative estimate of drug-likeness (QED) is 0.848. The van der Waals surface area contributed by atoms with Gasteiger partial charge in [-0.25, -0.2) is 0 Å². The fraction of sp³-hybridized carbons (Fsp3) is 0.467. The number of anilines is 1. The third kappa shape index (κ3) is 3.57. The zero-order valence-electron chi connectivity index (χ0n) is 11.9. The molecule has 1 amide bonds. The molecule has 0 aliphatic carbocycles. The minimum atomic E-state index is -0.289. The summed E-state index contributed by atoms with van der Waals surface area (Å²) in [6.07, 6.45) is 1.67. The van der Waals surface area contributed by atoms with Crippen LogP contribution in [0, 0.1) is 6.92 Å². The van der Waals surface area contributed by atoms with E-state index in [-0.39, 0.29) is 24.5 Å². The van der Waals surface area contributed by atoms with Crippen LogP contribution in [0.15, 0.2) is 24.3 Å². The number of amides is 1. The van der Waals surface area contributed by atoms with Gasteiger partial charge < -0.3 is 10.1 Å². The van der Waals surface area contributed by atoms with Crippen LogP contribution in [0.1, 0.15) is 18.4 Å². The number of rotatable bonds is 4. The van der Waals surface area contributed by atoms with Gasteiger partial charge in [0.25, 0.3) is 0 Å². The van der Waals surface area contributed by atoms with Crippen molar-refractivity contribution in [3.8, 4) is 0 Å². The number of aryl methyl sites for hydroxylation is 1. The molecule has 1 saturated heterocycles. The first-order valence-electron chi connectivity index (χ1n) is 6.78. The Kier molecular flexibility index (Phi) is 4.74. The van der Waals surface area contributed by atoms with E-state index in [1.165, 1.54) is 7.11 Å². The fourth-order valence-corrected chi connectivity index (χ4v) is 2.53. The van der Waals surface area contributed by atoms with E-state index in [1.54, 1.807) is 0 Å². The van der Waals surface area contributed by atoms with Crippen molar-refractivity contribution in [3.05, 3.63) is 29.8 Å². The van der Waals surface area contributed by atoms with Gasteiger partial charge in [-0.05, 0) is 44.0 Å². The first kappa shape index (κ1) is 14.5. The van der Waals surface area contributed by atoms with Crippen molar-refractivity contribution in [2.45, 2.75) is 25.8 Å². The molecule has 1 heterocycles. The van der Waals surface area contributed by atoms with Crippen LogP contribution in [0.2, 0.25) is 0 Å². The van der Waals surface area contributed by atoms with Gasteiger partial charge in [0, 0.05) is 5.69 Å². The third-order valence-corrected chi connectivity index (χ3v) is 3.49. The molecule has 1 atom stereocenters. The van der Waals surface area contributed by atoms with Gasteiger partial charge in [0.2, 0.25) is 5.91 Å². The Hall–Kier alpha value is -1.88. The molecule has 0 radical (unpaired) electrons. The van der Waals surface area contributed by atoms with Crippen molar-refractivity contribution in [2.75, 3.05) is 25.5 Å². The van der Waals surface area contributed by atoms with Crippen molar-refractivity contribution < 1.29 is 14.3 Å². The summed E-state index contributed by atoms with van der Waals surface area (Å²) in [4.78, 5) is 25.5. The van der Waals surface area contributed by atoms with E-state index in [0.29, 0.717) is 0 Å². The minimum absolute atomic E-state index is 0.105. The summed E-state index contributed by atoms with van der Waals surface area (Å²) < 4.78 is 4.77. The highest BCUT2D eigenvalue weighted by Gasteiger charge is 2.32. The predicted octanol–water partition coefficient (Wildman–Crippen LogP) is 1.57. The molecule has 0 bridgehead atoms. The molecule has 5 nitrogen and oxygen atoms in total. The molecule has 1 aromatic carbocycles. The number of likely N-dealkylation sites (tertiary alicyclic amines) is 1. The summed E-state index contributed by atoms with van der Waals surface area (Å²) in [5.74, 6) is -0.364. The molecule has 1 aromatic rings. The smallest absolute Gasteiger partial charge is 0.323 e. The standard InChI is InChI=1S/C15H20N2O3/c1-11-5-3-6-12(9-11)16-14(18)10-17-8-4-7-13(17)15(19)20-2/h3,5-6,9,13H,4,7-8,10H2,1-2H3,(H,16,18). The van der Waals surface area contributed by atoms with E-state index in [0.717, 1.165) is 30.6 Å². The number of hydrogen-bond donors (Lipinski definition) is 1. The molecule has 20 heavy (non-hydrogen) atoms. The molecule has 0 aromatic heterocycles. The first-order chi connectivity index (χ1) is 9.60. The fourth-order valence-electron chi connectivity index (χ4n) is 2.53. The van der Waals surface area contributed by atoms with Crippen LogP contribution in [0.25, 0.3) is 0 Å². The SMILES string of the molecule is COC(=O)C1CCCN1CC(=O)Nc1cccc(C)c1. The van der Waals surface area contributed by atoms with E-state index >= 15 is 0 Å². The van der Waals surface area contributed by atoms with Gasteiger partial charge in [0.15, 0.2) is 0 Å². The Balaban J connectivity index is 1.92. The summed E-state index contributed by atoms with van der Waals surface area (Å²) in [7, 11) is 1.38. The maximum absolute atomic E-state index is 12.0. The lowest BCUT2D eigenvalue weighted by Crippen LogP contribution is -2.41. The van der Waals surface area contributed by atoms with Crippen LogP contribution in [-0.2, 0) is 14.3 Å². The van der Waals surface area contributed by atoms with Crippen LogP contribution in [0.4, 0.5) is 5.69 Å². The van der Waals surface area contributed by atoms with Gasteiger partial charge in [-0.15, -0.1) is 0 Å². The Morgan fingerprint density at radius 2 is 2.25 bits per heavy atom. The normalized spacial score (nSPS) is 18.8. The van der Waals surface area contributed by atoms with Crippen LogP contribution >= 0.6 is 0 Å².